The number of carbonyl (C=O) groups is 1. The van der Waals surface area contributed by atoms with Crippen molar-refractivity contribution in [2.45, 2.75) is 152 Å². The quantitative estimate of drug-likeness (QED) is 0.0994. The van der Waals surface area contributed by atoms with Gasteiger partial charge in [0.15, 0.2) is 54.4 Å². The maximum Gasteiger partial charge on any atom is 0.211 e. The molecule has 3 saturated heterocycles. The van der Waals surface area contributed by atoms with Crippen LogP contribution in [0.3, 0.4) is 0 Å². The van der Waals surface area contributed by atoms with E-state index in [1.165, 1.54) is 148 Å². The Balaban J connectivity index is 0.000000129. The number of fused-ring (bicyclic) bond motifs is 3. The van der Waals surface area contributed by atoms with Gasteiger partial charge in [-0.25, -0.2) is 8.42 Å². The molecule has 4 fully saturated rings. The second-order valence-electron chi connectivity index (χ2n) is 24.6. The lowest BCUT2D eigenvalue weighted by molar-refractivity contribution is 0.102. The first-order valence-corrected chi connectivity index (χ1v) is 42.0. The molecule has 5 nitrogen and oxygen atoms in total. The van der Waals surface area contributed by atoms with Gasteiger partial charge in [0.25, 0.3) is 0 Å². The highest BCUT2D eigenvalue weighted by molar-refractivity contribution is 7.98. The van der Waals surface area contributed by atoms with Crippen molar-refractivity contribution in [2.75, 3.05) is 40.3 Å². The van der Waals surface area contributed by atoms with Crippen LogP contribution >= 0.6 is 10.5 Å². The number of benzene rings is 9. The molecule has 0 unspecified atom stereocenters. The Labute approximate surface area is 563 Å². The van der Waals surface area contributed by atoms with E-state index < -0.39 is 9.84 Å². The SMILES string of the molecule is Cc1cc(O)cc(C)c1[S+]1CCCCC1.Cc1cc([S+]2CCCCC2)cc(C)c1O.O=C(C[S+]1CCCCC1)c1ccccc1.O=S(=O)(c1ccc([S+](c2ccccc2)c2ccccc2)cc1)C1CCCCC1.c1ccc(-[s+]2c3ccccc3c3ccccc32)cc1. The van der Waals surface area contributed by atoms with Crippen molar-refractivity contribution in [1.82, 2.24) is 0 Å². The maximum absolute atomic E-state index is 13.0. The summed E-state index contributed by atoms with van der Waals surface area (Å²) in [5.41, 5.74) is 5.50. The number of thiophene rings is 1. The Kier molecular flexibility index (Phi) is 25.6. The minimum absolute atomic E-state index is 0.0594. The second-order valence-corrected chi connectivity index (χ2v) is 37.6. The number of phenols is 2. The van der Waals surface area contributed by atoms with Gasteiger partial charge in [-0.3, -0.25) is 4.79 Å². The first-order valence-electron chi connectivity index (χ1n) is 33.2. The highest BCUT2D eigenvalue weighted by atomic mass is 32.2. The van der Waals surface area contributed by atoms with Crippen LogP contribution in [0.25, 0.3) is 25.1 Å². The Hall–Kier alpha value is -6.18. The summed E-state index contributed by atoms with van der Waals surface area (Å²) in [4.78, 5) is 20.4. The Bertz CT molecular complexity index is 3900. The predicted octanol–water partition coefficient (Wildman–Crippen LogP) is 20.6. The molecule has 92 heavy (non-hydrogen) atoms. The smallest absolute Gasteiger partial charge is 0.211 e. The van der Waals surface area contributed by atoms with E-state index in [4.69, 9.17) is 0 Å². The van der Waals surface area contributed by atoms with Crippen molar-refractivity contribution < 1.29 is 23.4 Å². The van der Waals surface area contributed by atoms with Gasteiger partial charge in [-0.2, -0.15) is 0 Å². The molecule has 3 aliphatic heterocycles. The van der Waals surface area contributed by atoms with Gasteiger partial charge in [0.05, 0.1) is 21.0 Å². The maximum atomic E-state index is 13.0. The van der Waals surface area contributed by atoms with E-state index in [9.17, 15) is 23.4 Å². The molecule has 11 heteroatoms. The molecular formula is C81H93O5S6+5. The molecule has 9 aromatic carbocycles. The van der Waals surface area contributed by atoms with Gasteiger partial charge in [-0.15, -0.1) is 0 Å². The number of rotatable bonds is 11. The fourth-order valence-corrected chi connectivity index (χ4v) is 26.8. The number of hydrogen-bond acceptors (Lipinski definition) is 5. The summed E-state index contributed by atoms with van der Waals surface area (Å²) in [5, 5.41) is 21.8. The second kappa shape index (κ2) is 34.3. The summed E-state index contributed by atoms with van der Waals surface area (Å²) in [6.07, 6.45) is 17.1. The van der Waals surface area contributed by atoms with E-state index >= 15 is 0 Å². The van der Waals surface area contributed by atoms with Crippen molar-refractivity contribution in [3.8, 4) is 16.4 Å². The molecule has 10 aromatic rings. The van der Waals surface area contributed by atoms with E-state index in [0.29, 0.717) is 54.9 Å². The number of hydrogen-bond donors (Lipinski definition) is 2. The van der Waals surface area contributed by atoms with Gasteiger partial charge in [0.2, 0.25) is 5.78 Å². The summed E-state index contributed by atoms with van der Waals surface area (Å²) in [7, 11) is -2.14. The number of carbonyl (C=O) groups excluding carboxylic acids is 1. The van der Waals surface area contributed by atoms with Crippen molar-refractivity contribution in [2.24, 2.45) is 0 Å². The lowest BCUT2D eigenvalue weighted by Gasteiger charge is -2.21. The number of Topliss-reactive ketones (excluding diaryl/α,β-unsaturated/α-hetero) is 1. The molecule has 1 aliphatic carbocycles. The normalized spacial score (nSPS) is 15.8. The predicted molar refractivity (Wildman–Crippen MR) is 401 cm³/mol. The number of aromatic hydroxyl groups is 2. The van der Waals surface area contributed by atoms with E-state index in [-0.39, 0.29) is 26.6 Å². The third kappa shape index (κ3) is 18.2. The summed E-state index contributed by atoms with van der Waals surface area (Å²) in [6, 6.07) is 74.7. The third-order valence-electron chi connectivity index (χ3n) is 17.7. The van der Waals surface area contributed by atoms with Crippen LogP contribution in [0, 0.1) is 27.7 Å². The third-order valence-corrected chi connectivity index (χ3v) is 32.2. The average molecular weight is 1340 g/mol. The highest BCUT2D eigenvalue weighted by Crippen LogP contribution is 2.48. The molecule has 14 rings (SSSR count). The summed E-state index contributed by atoms with van der Waals surface area (Å²) in [6.45, 7) is 8.26. The minimum Gasteiger partial charge on any atom is -0.508 e. The zero-order valence-electron chi connectivity index (χ0n) is 54.3. The molecule has 0 bridgehead atoms. The van der Waals surface area contributed by atoms with Crippen LogP contribution in [0.1, 0.15) is 123 Å². The molecule has 1 saturated carbocycles. The van der Waals surface area contributed by atoms with Gasteiger partial charge >= 0.3 is 0 Å². The van der Waals surface area contributed by atoms with Crippen LogP contribution in [-0.4, -0.2) is 69.9 Å². The largest absolute Gasteiger partial charge is 0.508 e. The summed E-state index contributed by atoms with van der Waals surface area (Å²) >= 11 is 0. The average Bonchev–Trinajstić information content (AvgIpc) is 1.66. The molecule has 0 amide bonds. The number of aryl methyl sites for hydroxylation is 4. The molecule has 0 spiro atoms. The number of sulfone groups is 1. The molecule has 478 valence electrons. The summed E-state index contributed by atoms with van der Waals surface area (Å²) in [5.74, 6) is 9.96. The zero-order chi connectivity index (χ0) is 64.2. The Morgan fingerprint density at radius 2 is 0.848 bits per heavy atom. The van der Waals surface area contributed by atoms with Crippen LogP contribution < -0.4 is 0 Å². The van der Waals surface area contributed by atoms with Crippen molar-refractivity contribution in [3.63, 3.8) is 0 Å². The molecule has 0 atom stereocenters. The Morgan fingerprint density at radius 1 is 0.435 bits per heavy atom. The first kappa shape index (κ1) is 68.7. The minimum atomic E-state index is -3.23. The van der Waals surface area contributed by atoms with Crippen LogP contribution in [0.2, 0.25) is 0 Å². The molecule has 1 aromatic heterocycles. The first-order chi connectivity index (χ1) is 44.8. The van der Waals surface area contributed by atoms with E-state index in [1.54, 1.807) is 0 Å². The zero-order valence-corrected chi connectivity index (χ0v) is 59.2. The fourth-order valence-electron chi connectivity index (χ4n) is 13.0. The van der Waals surface area contributed by atoms with Crippen LogP contribution in [0.5, 0.6) is 11.5 Å². The van der Waals surface area contributed by atoms with Gasteiger partial charge in [-0.05, 0) is 230 Å². The summed E-state index contributed by atoms with van der Waals surface area (Å²) < 4.78 is 28.9. The number of phenolic OH excluding ortho intramolecular Hbond substituents is 2. The van der Waals surface area contributed by atoms with Crippen molar-refractivity contribution >= 4 is 89.8 Å². The standard InChI is InChI=1S/C24H25O2S2.C18H13S.2C13H18OS.C13H17OS/c25-28(26,23-14-8-3-9-15-23)24-18-16-22(17-19-24)27(20-10-4-1-5-11-20)21-12-6-2-7-13-21;1-2-8-14(9-3-1)19-17-12-6-4-10-15(17)16-11-5-7-13-18(16)19;1-10-8-12(9-11(2)13(10)14)15-6-4-3-5-7-15;1-10-8-12(14)9-11(2)13(10)15-6-4-3-5-7-15;14-13(12-7-3-1-4-8-12)11-15-9-5-2-6-10-15/h1-2,4-7,10-13,16-19,23H,3,8-9,14-15H2;1-13H;2*8-9H,3-7H2,1-2H3;1,3-4,7-8H,2,5-6,9-11H2/q2*+1;;;+1/p+2. The fraction of sp³-hybridized carbons (Fsp3) is 0.321. The van der Waals surface area contributed by atoms with Crippen LogP contribution in [-0.2, 0) is 53.4 Å². The van der Waals surface area contributed by atoms with Crippen molar-refractivity contribution in [3.05, 3.63) is 246 Å². The Morgan fingerprint density at radius 3 is 1.35 bits per heavy atom. The van der Waals surface area contributed by atoms with E-state index in [0.717, 1.165) is 59.4 Å². The molecule has 2 N–H and O–H groups in total. The van der Waals surface area contributed by atoms with Gasteiger partial charge < -0.3 is 10.2 Å². The monoisotopic (exact) mass is 1340 g/mol. The van der Waals surface area contributed by atoms with Gasteiger partial charge in [0, 0.05) is 59.7 Å². The lowest BCUT2D eigenvalue weighted by atomic mass is 10.0. The molecule has 4 heterocycles. The molecule has 4 aliphatic rings. The van der Waals surface area contributed by atoms with Crippen LogP contribution in [0.15, 0.2) is 248 Å². The molecular weight excluding hydrogens is 1250 g/mol. The highest BCUT2D eigenvalue weighted by Gasteiger charge is 2.34. The van der Waals surface area contributed by atoms with Crippen LogP contribution in [0.4, 0.5) is 0 Å². The molecule has 0 radical (unpaired) electrons. The number of ketones is 1. The van der Waals surface area contributed by atoms with E-state index in [1.807, 2.05) is 92.7 Å². The lowest BCUT2D eigenvalue weighted by Crippen LogP contribution is -2.25. The van der Waals surface area contributed by atoms with E-state index in [2.05, 4.69) is 153 Å². The van der Waals surface area contributed by atoms with Crippen molar-refractivity contribution in [1.29, 1.82) is 0 Å². The van der Waals surface area contributed by atoms with Gasteiger partial charge in [-0.1, -0.05) is 128 Å². The van der Waals surface area contributed by atoms with Gasteiger partial charge in [0.1, 0.15) is 46.0 Å². The topological polar surface area (TPSA) is 91.7 Å².